The van der Waals surface area contributed by atoms with E-state index in [9.17, 15) is 9.59 Å². The molecule has 1 amide bonds. The highest BCUT2D eigenvalue weighted by molar-refractivity contribution is 5.87. The molecular weight excluding hydrogens is 326 g/mol. The standard InChI is InChI=1S/C22H25NO3/c24-21(23-15-17-10-12-18(13-11-17)22(25)26)20-9-5-4-8-19(20)14-16-6-2-1-3-7-16/h1-3,6-7,10-13,19-20H,4-5,8-9,14-15H2,(H,23,24)(H,25,26). The van der Waals surface area contributed by atoms with Gasteiger partial charge in [0.2, 0.25) is 5.91 Å². The van der Waals surface area contributed by atoms with Crippen molar-refractivity contribution in [3.05, 3.63) is 71.3 Å². The summed E-state index contributed by atoms with van der Waals surface area (Å²) in [7, 11) is 0. The predicted molar refractivity (Wildman–Crippen MR) is 101 cm³/mol. The molecule has 1 saturated carbocycles. The Morgan fingerprint density at radius 1 is 0.923 bits per heavy atom. The van der Waals surface area contributed by atoms with Crippen molar-refractivity contribution in [3.8, 4) is 0 Å². The summed E-state index contributed by atoms with van der Waals surface area (Å²) in [6.07, 6.45) is 5.29. The Kier molecular flexibility index (Phi) is 6.05. The van der Waals surface area contributed by atoms with Crippen molar-refractivity contribution < 1.29 is 14.7 Å². The second-order valence-corrected chi connectivity index (χ2v) is 7.06. The fraction of sp³-hybridized carbons (Fsp3) is 0.364. The lowest BCUT2D eigenvalue weighted by Gasteiger charge is -2.30. The molecule has 3 rings (SSSR count). The topological polar surface area (TPSA) is 66.4 Å². The first-order chi connectivity index (χ1) is 12.6. The van der Waals surface area contributed by atoms with Gasteiger partial charge in [-0.25, -0.2) is 4.79 Å². The van der Waals surface area contributed by atoms with E-state index in [0.29, 0.717) is 12.5 Å². The number of amides is 1. The lowest BCUT2D eigenvalue weighted by atomic mass is 9.75. The van der Waals surface area contributed by atoms with E-state index in [1.54, 1.807) is 24.3 Å². The summed E-state index contributed by atoms with van der Waals surface area (Å²) in [6.45, 7) is 0.438. The van der Waals surface area contributed by atoms with Crippen LogP contribution in [0.5, 0.6) is 0 Å². The van der Waals surface area contributed by atoms with Crippen LogP contribution in [-0.4, -0.2) is 17.0 Å². The van der Waals surface area contributed by atoms with E-state index in [4.69, 9.17) is 5.11 Å². The molecule has 0 radical (unpaired) electrons. The quantitative estimate of drug-likeness (QED) is 0.825. The molecule has 2 aromatic carbocycles. The van der Waals surface area contributed by atoms with Crippen molar-refractivity contribution in [3.63, 3.8) is 0 Å². The zero-order valence-corrected chi connectivity index (χ0v) is 14.9. The molecule has 0 saturated heterocycles. The van der Waals surface area contributed by atoms with Crippen LogP contribution in [0.15, 0.2) is 54.6 Å². The maximum Gasteiger partial charge on any atom is 0.335 e. The van der Waals surface area contributed by atoms with E-state index < -0.39 is 5.97 Å². The fourth-order valence-electron chi connectivity index (χ4n) is 3.80. The van der Waals surface area contributed by atoms with Gasteiger partial charge in [-0.3, -0.25) is 4.79 Å². The maximum atomic E-state index is 12.7. The molecule has 2 atom stereocenters. The van der Waals surface area contributed by atoms with Gasteiger partial charge in [-0.15, -0.1) is 0 Å². The number of carboxylic acids is 1. The van der Waals surface area contributed by atoms with E-state index in [1.807, 2.05) is 18.2 Å². The van der Waals surface area contributed by atoms with Crippen LogP contribution in [0.3, 0.4) is 0 Å². The Hall–Kier alpha value is -2.62. The number of nitrogens with one attached hydrogen (secondary N) is 1. The van der Waals surface area contributed by atoms with Gasteiger partial charge in [0, 0.05) is 12.5 Å². The van der Waals surface area contributed by atoms with Gasteiger partial charge in [-0.05, 0) is 48.4 Å². The minimum atomic E-state index is -0.938. The largest absolute Gasteiger partial charge is 0.478 e. The van der Waals surface area contributed by atoms with Crippen LogP contribution in [0.4, 0.5) is 0 Å². The van der Waals surface area contributed by atoms with Crippen LogP contribution >= 0.6 is 0 Å². The summed E-state index contributed by atoms with van der Waals surface area (Å²) in [5.41, 5.74) is 2.47. The van der Waals surface area contributed by atoms with Gasteiger partial charge in [0.1, 0.15) is 0 Å². The molecule has 0 heterocycles. The third kappa shape index (κ3) is 4.72. The third-order valence-electron chi connectivity index (χ3n) is 5.25. The Morgan fingerprint density at radius 3 is 2.31 bits per heavy atom. The van der Waals surface area contributed by atoms with Crippen LogP contribution in [0.1, 0.15) is 47.2 Å². The van der Waals surface area contributed by atoms with Crippen LogP contribution in [0.2, 0.25) is 0 Å². The molecule has 1 fully saturated rings. The minimum Gasteiger partial charge on any atom is -0.478 e. The molecule has 0 bridgehead atoms. The van der Waals surface area contributed by atoms with Gasteiger partial charge in [-0.2, -0.15) is 0 Å². The van der Waals surface area contributed by atoms with Crippen molar-refractivity contribution >= 4 is 11.9 Å². The zero-order valence-electron chi connectivity index (χ0n) is 14.9. The van der Waals surface area contributed by atoms with Crippen molar-refractivity contribution in [1.82, 2.24) is 5.32 Å². The monoisotopic (exact) mass is 351 g/mol. The van der Waals surface area contributed by atoms with Gasteiger partial charge in [0.25, 0.3) is 0 Å². The summed E-state index contributed by atoms with van der Waals surface area (Å²) in [6, 6.07) is 17.0. The maximum absolute atomic E-state index is 12.7. The molecule has 4 heteroatoms. The van der Waals surface area contributed by atoms with Gasteiger partial charge in [0.15, 0.2) is 0 Å². The van der Waals surface area contributed by atoms with E-state index in [0.717, 1.165) is 31.2 Å². The molecule has 1 aliphatic carbocycles. The first kappa shape index (κ1) is 18.2. The molecule has 1 aliphatic rings. The molecule has 2 N–H and O–H groups in total. The van der Waals surface area contributed by atoms with Crippen molar-refractivity contribution in [2.24, 2.45) is 11.8 Å². The van der Waals surface area contributed by atoms with Crippen LogP contribution < -0.4 is 5.32 Å². The molecule has 0 spiro atoms. The normalized spacial score (nSPS) is 19.7. The van der Waals surface area contributed by atoms with E-state index in [2.05, 4.69) is 17.4 Å². The van der Waals surface area contributed by atoms with Gasteiger partial charge in [0.05, 0.1) is 5.56 Å². The molecule has 136 valence electrons. The molecule has 26 heavy (non-hydrogen) atoms. The zero-order chi connectivity index (χ0) is 18.4. The Morgan fingerprint density at radius 2 is 1.62 bits per heavy atom. The van der Waals surface area contributed by atoms with Crippen molar-refractivity contribution in [2.45, 2.75) is 38.6 Å². The number of aromatic carboxylic acids is 1. The SMILES string of the molecule is O=C(O)c1ccc(CNC(=O)C2CCCCC2Cc2ccccc2)cc1. The summed E-state index contributed by atoms with van der Waals surface area (Å²) in [4.78, 5) is 23.6. The molecule has 0 aromatic heterocycles. The number of carbonyl (C=O) groups excluding carboxylic acids is 1. The molecule has 2 aromatic rings. The van der Waals surface area contributed by atoms with Gasteiger partial charge >= 0.3 is 5.97 Å². The number of carbonyl (C=O) groups is 2. The van der Waals surface area contributed by atoms with Gasteiger partial charge in [-0.1, -0.05) is 55.3 Å². The fourth-order valence-corrected chi connectivity index (χ4v) is 3.80. The smallest absolute Gasteiger partial charge is 0.335 e. The van der Waals surface area contributed by atoms with E-state index in [-0.39, 0.29) is 17.4 Å². The summed E-state index contributed by atoms with van der Waals surface area (Å²) in [5, 5.41) is 12.0. The molecular formula is C22H25NO3. The summed E-state index contributed by atoms with van der Waals surface area (Å²) >= 11 is 0. The highest BCUT2D eigenvalue weighted by atomic mass is 16.4. The average molecular weight is 351 g/mol. The van der Waals surface area contributed by atoms with Crippen LogP contribution in [0.25, 0.3) is 0 Å². The lowest BCUT2D eigenvalue weighted by Crippen LogP contribution is -2.37. The highest BCUT2D eigenvalue weighted by Gasteiger charge is 2.30. The van der Waals surface area contributed by atoms with Crippen LogP contribution in [0, 0.1) is 11.8 Å². The predicted octanol–water partition coefficient (Wildman–Crippen LogP) is 4.05. The molecule has 4 nitrogen and oxygen atoms in total. The van der Waals surface area contributed by atoms with Crippen molar-refractivity contribution in [2.75, 3.05) is 0 Å². The summed E-state index contributed by atoms with van der Waals surface area (Å²) in [5.74, 6) is -0.373. The first-order valence-corrected chi connectivity index (χ1v) is 9.27. The number of rotatable bonds is 6. The lowest BCUT2D eigenvalue weighted by molar-refractivity contribution is -0.127. The number of benzene rings is 2. The highest BCUT2D eigenvalue weighted by Crippen LogP contribution is 2.32. The third-order valence-corrected chi connectivity index (χ3v) is 5.25. The minimum absolute atomic E-state index is 0.0576. The Balaban J connectivity index is 1.58. The second-order valence-electron chi connectivity index (χ2n) is 7.06. The Bertz CT molecular complexity index is 740. The molecule has 0 aliphatic heterocycles. The summed E-state index contributed by atoms with van der Waals surface area (Å²) < 4.78 is 0. The van der Waals surface area contributed by atoms with Gasteiger partial charge < -0.3 is 10.4 Å². The number of hydrogen-bond acceptors (Lipinski definition) is 2. The Labute approximate surface area is 154 Å². The first-order valence-electron chi connectivity index (χ1n) is 9.27. The number of carboxylic acid groups (broad SMARTS) is 1. The van der Waals surface area contributed by atoms with E-state index in [1.165, 1.54) is 12.0 Å². The van der Waals surface area contributed by atoms with E-state index >= 15 is 0 Å². The molecule has 2 unspecified atom stereocenters. The average Bonchev–Trinajstić information content (AvgIpc) is 2.67. The van der Waals surface area contributed by atoms with Crippen LogP contribution in [-0.2, 0) is 17.8 Å². The number of hydrogen-bond donors (Lipinski definition) is 2. The van der Waals surface area contributed by atoms with Crippen molar-refractivity contribution in [1.29, 1.82) is 0 Å². The second kappa shape index (κ2) is 8.65.